The Hall–Kier alpha value is -4.71. The normalized spacial score (nSPS) is 13.7. The molecule has 0 bridgehead atoms. The van der Waals surface area contributed by atoms with E-state index in [9.17, 15) is 14.0 Å². The summed E-state index contributed by atoms with van der Waals surface area (Å²) in [6.45, 7) is 3.01. The van der Waals surface area contributed by atoms with E-state index < -0.39 is 11.7 Å². The summed E-state index contributed by atoms with van der Waals surface area (Å²) < 4.78 is 20.0. The van der Waals surface area contributed by atoms with Crippen molar-refractivity contribution >= 4 is 35.0 Å². The van der Waals surface area contributed by atoms with E-state index in [0.29, 0.717) is 47.7 Å². The highest BCUT2D eigenvalue weighted by Crippen LogP contribution is 2.36. The fraction of sp³-hybridized carbons (Fsp3) is 0.286. The van der Waals surface area contributed by atoms with E-state index in [2.05, 4.69) is 25.6 Å². The van der Waals surface area contributed by atoms with Gasteiger partial charge < -0.3 is 31.0 Å². The van der Waals surface area contributed by atoms with Crippen LogP contribution in [0.2, 0.25) is 0 Å². The van der Waals surface area contributed by atoms with Crippen LogP contribution in [0.25, 0.3) is 11.4 Å². The molecule has 0 saturated carbocycles. The molecule has 40 heavy (non-hydrogen) atoms. The van der Waals surface area contributed by atoms with Crippen molar-refractivity contribution in [3.8, 4) is 17.1 Å². The molecule has 5 N–H and O–H groups in total. The fourth-order valence-electron chi connectivity index (χ4n) is 4.75. The first kappa shape index (κ1) is 26.9. The summed E-state index contributed by atoms with van der Waals surface area (Å²) in [5.74, 6) is 0.241. The lowest BCUT2D eigenvalue weighted by Gasteiger charge is -2.33. The van der Waals surface area contributed by atoms with Crippen LogP contribution >= 0.6 is 0 Å². The number of carbonyl (C=O) groups excluding carboxylic acids is 2. The first-order chi connectivity index (χ1) is 19.2. The minimum Gasteiger partial charge on any atom is -0.495 e. The lowest BCUT2D eigenvalue weighted by Crippen LogP contribution is -2.46. The van der Waals surface area contributed by atoms with Gasteiger partial charge in [0.05, 0.1) is 35.7 Å². The minimum absolute atomic E-state index is 0.0760. The van der Waals surface area contributed by atoms with Crippen LogP contribution in [0.4, 0.5) is 27.5 Å². The van der Waals surface area contributed by atoms with Gasteiger partial charge in [-0.3, -0.25) is 14.5 Å². The summed E-state index contributed by atoms with van der Waals surface area (Å²) in [5.41, 5.74) is 8.74. The highest BCUT2D eigenvalue weighted by Gasteiger charge is 2.27. The molecule has 0 radical (unpaired) electrons. The molecule has 0 fully saturated rings. The van der Waals surface area contributed by atoms with Gasteiger partial charge in [-0.15, -0.1) is 0 Å². The molecule has 1 atom stereocenters. The van der Waals surface area contributed by atoms with Crippen molar-refractivity contribution < 1.29 is 18.7 Å². The van der Waals surface area contributed by atoms with E-state index in [1.165, 1.54) is 12.1 Å². The number of nitrogens with one attached hydrogen (secondary N) is 3. The first-order valence-corrected chi connectivity index (χ1v) is 12.8. The number of methoxy groups -OCH3 is 1. The second kappa shape index (κ2) is 10.8. The number of hydrogen-bond donors (Lipinski definition) is 4. The first-order valence-electron chi connectivity index (χ1n) is 12.8. The highest BCUT2D eigenvalue weighted by molar-refractivity contribution is 6.00. The molecule has 12 heteroatoms. The monoisotopic (exact) mass is 546 g/mol. The van der Waals surface area contributed by atoms with E-state index in [0.717, 1.165) is 17.5 Å². The molecule has 3 heterocycles. The number of ether oxygens (including phenoxy) is 1. The Morgan fingerprint density at radius 3 is 2.70 bits per heavy atom. The standard InChI is InChI=1S/C28H31FN8O3/c1-15(36(2)3)27(39)37-11-9-16-13-22(40-4)21(12-17(16)14-37)33-28-34-25-18(8-10-31-25)26(35-28)32-20-7-5-6-19(29)23(20)24(30)38/h5-8,10,12-13,15H,9,11,14H2,1-4H3,(H2,30,38)(H3,31,32,33,34,35). The van der Waals surface area contributed by atoms with Gasteiger partial charge in [0.1, 0.15) is 23.2 Å². The molecule has 5 rings (SSSR count). The van der Waals surface area contributed by atoms with Gasteiger partial charge in [0.25, 0.3) is 5.91 Å². The van der Waals surface area contributed by atoms with Gasteiger partial charge >= 0.3 is 0 Å². The van der Waals surface area contributed by atoms with Crippen molar-refractivity contribution in [2.75, 3.05) is 38.4 Å². The van der Waals surface area contributed by atoms with Crippen LogP contribution in [0.5, 0.6) is 5.75 Å². The Balaban J connectivity index is 1.48. The van der Waals surface area contributed by atoms with Crippen molar-refractivity contribution in [2.45, 2.75) is 25.9 Å². The quantitative estimate of drug-likeness (QED) is 0.263. The molecule has 208 valence electrons. The number of aromatic nitrogens is 3. The van der Waals surface area contributed by atoms with Crippen molar-refractivity contribution in [2.24, 2.45) is 5.73 Å². The van der Waals surface area contributed by atoms with Crippen molar-refractivity contribution in [3.63, 3.8) is 0 Å². The number of amides is 2. The number of anilines is 4. The number of H-pyrrole nitrogens is 1. The number of halogens is 1. The zero-order valence-corrected chi connectivity index (χ0v) is 22.7. The number of carbonyl (C=O) groups is 2. The van der Waals surface area contributed by atoms with Gasteiger partial charge in [-0.25, -0.2) is 9.37 Å². The fourth-order valence-corrected chi connectivity index (χ4v) is 4.75. The van der Waals surface area contributed by atoms with E-state index in [-0.39, 0.29) is 23.2 Å². The van der Waals surface area contributed by atoms with Crippen LogP contribution < -0.4 is 21.1 Å². The predicted molar refractivity (Wildman–Crippen MR) is 150 cm³/mol. The molecule has 3 aliphatic rings. The zero-order valence-electron chi connectivity index (χ0n) is 22.7. The maximum atomic E-state index is 14.4. The molecule has 3 aliphatic heterocycles. The van der Waals surface area contributed by atoms with E-state index in [4.69, 9.17) is 10.5 Å². The minimum atomic E-state index is -0.899. The number of rotatable bonds is 8. The van der Waals surface area contributed by atoms with Gasteiger partial charge in [-0.05, 0) is 68.9 Å². The second-order valence-electron chi connectivity index (χ2n) is 9.89. The van der Waals surface area contributed by atoms with Gasteiger partial charge in [-0.2, -0.15) is 4.98 Å². The number of aromatic amines is 1. The van der Waals surface area contributed by atoms with Gasteiger partial charge in [0, 0.05) is 19.3 Å². The molecular formula is C28H31FN8O3. The zero-order chi connectivity index (χ0) is 28.6. The molecular weight excluding hydrogens is 515 g/mol. The molecule has 0 saturated heterocycles. The largest absolute Gasteiger partial charge is 0.495 e. The summed E-state index contributed by atoms with van der Waals surface area (Å²) >= 11 is 0. The third-order valence-corrected chi connectivity index (χ3v) is 7.16. The Bertz CT molecular complexity index is 1550. The molecule has 0 spiro atoms. The molecule has 0 aliphatic carbocycles. The maximum Gasteiger partial charge on any atom is 0.253 e. The number of nitrogens with zero attached hydrogens (tertiary/aromatic N) is 4. The SMILES string of the molecule is COc1cc2c(cc1Nc1nc(Nc3cccc(F)c3C(N)=O)c3ccnc-3[nH]1)CN(C(=O)C(C)N(C)C)CC2. The highest BCUT2D eigenvalue weighted by atomic mass is 19.1. The van der Waals surface area contributed by atoms with E-state index >= 15 is 0 Å². The summed E-state index contributed by atoms with van der Waals surface area (Å²) in [6.07, 6.45) is 2.33. The average Bonchev–Trinajstić information content (AvgIpc) is 3.40. The number of benzene rings is 2. The summed E-state index contributed by atoms with van der Waals surface area (Å²) in [4.78, 5) is 40.8. The molecule has 2 aromatic carbocycles. The Morgan fingerprint density at radius 1 is 1.18 bits per heavy atom. The van der Waals surface area contributed by atoms with Gasteiger partial charge in [0.15, 0.2) is 0 Å². The van der Waals surface area contributed by atoms with Gasteiger partial charge in [-0.1, -0.05) is 6.07 Å². The average molecular weight is 547 g/mol. The Kier molecular flexibility index (Phi) is 7.26. The molecule has 1 unspecified atom stereocenters. The maximum absolute atomic E-state index is 14.4. The molecule has 2 aromatic rings. The number of fused-ring (bicyclic) bond motifs is 2. The van der Waals surface area contributed by atoms with E-state index in [1.54, 1.807) is 25.4 Å². The van der Waals surface area contributed by atoms with Crippen molar-refractivity contribution in [3.05, 3.63) is 65.1 Å². The number of nitrogens with two attached hydrogens (primary N) is 1. The van der Waals surface area contributed by atoms with Crippen LogP contribution in [0, 0.1) is 5.82 Å². The van der Waals surface area contributed by atoms with Gasteiger partial charge in [0.2, 0.25) is 11.9 Å². The smallest absolute Gasteiger partial charge is 0.253 e. The van der Waals surface area contributed by atoms with Crippen LogP contribution in [0.3, 0.4) is 0 Å². The second-order valence-corrected chi connectivity index (χ2v) is 9.89. The summed E-state index contributed by atoms with van der Waals surface area (Å²) in [5, 5.41) is 6.30. The lowest BCUT2D eigenvalue weighted by atomic mass is 9.97. The van der Waals surface area contributed by atoms with Crippen LogP contribution in [-0.4, -0.2) is 70.4 Å². The summed E-state index contributed by atoms with van der Waals surface area (Å²) in [7, 11) is 5.37. The number of likely N-dealkylation sites (N-methyl/N-ethyl adjacent to an activating group) is 1. The third kappa shape index (κ3) is 5.13. The molecule has 0 aromatic heterocycles. The third-order valence-electron chi connectivity index (χ3n) is 7.16. The topological polar surface area (TPSA) is 142 Å². The number of primary amides is 1. The Morgan fingerprint density at radius 2 is 1.98 bits per heavy atom. The van der Waals surface area contributed by atoms with Crippen LogP contribution in [0.15, 0.2) is 42.6 Å². The van der Waals surface area contributed by atoms with Crippen LogP contribution in [-0.2, 0) is 17.8 Å². The summed E-state index contributed by atoms with van der Waals surface area (Å²) in [6, 6.07) is 9.64. The Labute approximate surface area is 230 Å². The van der Waals surface area contributed by atoms with Crippen molar-refractivity contribution in [1.82, 2.24) is 24.8 Å². The predicted octanol–water partition coefficient (Wildman–Crippen LogP) is 3.48. The molecule has 11 nitrogen and oxygen atoms in total. The molecule has 2 amide bonds. The van der Waals surface area contributed by atoms with Crippen molar-refractivity contribution in [1.29, 1.82) is 0 Å². The van der Waals surface area contributed by atoms with E-state index in [1.807, 2.05) is 43.0 Å². The lowest BCUT2D eigenvalue weighted by molar-refractivity contribution is -0.136. The number of hydrogen-bond acceptors (Lipinski definition) is 8. The van der Waals surface area contributed by atoms with Crippen LogP contribution in [0.1, 0.15) is 28.4 Å².